The van der Waals surface area contributed by atoms with Gasteiger partial charge in [0, 0.05) is 24.7 Å². The van der Waals surface area contributed by atoms with E-state index < -0.39 is 0 Å². The molecule has 4 heteroatoms. The van der Waals surface area contributed by atoms with Gasteiger partial charge in [0.1, 0.15) is 5.75 Å². The second-order valence-corrected chi connectivity index (χ2v) is 5.95. The van der Waals surface area contributed by atoms with Gasteiger partial charge in [0.2, 0.25) is 5.91 Å². The Morgan fingerprint density at radius 3 is 2.95 bits per heavy atom. The first-order valence-electron chi connectivity index (χ1n) is 7.92. The largest absolute Gasteiger partial charge is 0.508 e. The predicted molar refractivity (Wildman–Crippen MR) is 85.5 cm³/mol. The van der Waals surface area contributed by atoms with E-state index in [2.05, 4.69) is 12.2 Å². The van der Waals surface area contributed by atoms with E-state index in [0.717, 1.165) is 18.8 Å². The average Bonchev–Trinajstić information content (AvgIpc) is 2.49. The molecule has 0 bridgehead atoms. The zero-order valence-corrected chi connectivity index (χ0v) is 13.0. The van der Waals surface area contributed by atoms with E-state index in [1.54, 1.807) is 23.1 Å². The lowest BCUT2D eigenvalue weighted by molar-refractivity contribution is -0.119. The van der Waals surface area contributed by atoms with Gasteiger partial charge in [0.25, 0.3) is 0 Å². The van der Waals surface area contributed by atoms with E-state index in [-0.39, 0.29) is 11.7 Å². The third kappa shape index (κ3) is 4.21. The molecule has 0 spiro atoms. The summed E-state index contributed by atoms with van der Waals surface area (Å²) in [7, 11) is 0. The standard InChI is InChI=1S/C17H26N2O2/c1-3-19(15-7-4-8-16(20)11-15)17(21)10-13(2)14-6-5-9-18-12-14/h4,7-8,11,13-14,18,20H,3,5-6,9-10,12H2,1-2H3. The minimum absolute atomic E-state index is 0.140. The zero-order valence-electron chi connectivity index (χ0n) is 13.0. The highest BCUT2D eigenvalue weighted by Gasteiger charge is 2.24. The van der Waals surface area contributed by atoms with Crippen molar-refractivity contribution in [2.75, 3.05) is 24.5 Å². The molecule has 0 radical (unpaired) electrons. The number of piperidine rings is 1. The van der Waals surface area contributed by atoms with Gasteiger partial charge in [0.15, 0.2) is 0 Å². The topological polar surface area (TPSA) is 52.6 Å². The smallest absolute Gasteiger partial charge is 0.227 e. The number of aromatic hydroxyl groups is 1. The van der Waals surface area contributed by atoms with Crippen LogP contribution in [0.5, 0.6) is 5.75 Å². The molecule has 1 aliphatic heterocycles. The molecular formula is C17H26N2O2. The molecule has 1 saturated heterocycles. The Bertz CT molecular complexity index is 470. The van der Waals surface area contributed by atoms with Gasteiger partial charge in [-0.15, -0.1) is 0 Å². The summed E-state index contributed by atoms with van der Waals surface area (Å²) in [6.45, 7) is 6.88. The lowest BCUT2D eigenvalue weighted by Gasteiger charge is -2.30. The summed E-state index contributed by atoms with van der Waals surface area (Å²) >= 11 is 0. The fourth-order valence-corrected chi connectivity index (χ4v) is 3.08. The van der Waals surface area contributed by atoms with Gasteiger partial charge in [-0.3, -0.25) is 4.79 Å². The highest BCUT2D eigenvalue weighted by atomic mass is 16.3. The van der Waals surface area contributed by atoms with Crippen molar-refractivity contribution < 1.29 is 9.90 Å². The van der Waals surface area contributed by atoms with Gasteiger partial charge in [-0.05, 0) is 56.8 Å². The molecule has 116 valence electrons. The molecule has 21 heavy (non-hydrogen) atoms. The normalized spacial score (nSPS) is 20.0. The number of carbonyl (C=O) groups is 1. The number of amides is 1. The molecule has 1 fully saturated rings. The maximum Gasteiger partial charge on any atom is 0.227 e. The van der Waals surface area contributed by atoms with Gasteiger partial charge in [-0.25, -0.2) is 0 Å². The number of hydrogen-bond donors (Lipinski definition) is 2. The zero-order chi connectivity index (χ0) is 15.2. The number of phenols is 1. The summed E-state index contributed by atoms with van der Waals surface area (Å²) in [6.07, 6.45) is 2.97. The summed E-state index contributed by atoms with van der Waals surface area (Å²) in [5, 5.41) is 13.0. The van der Waals surface area contributed by atoms with Crippen molar-refractivity contribution in [3.63, 3.8) is 0 Å². The van der Waals surface area contributed by atoms with Crippen molar-refractivity contribution in [1.29, 1.82) is 0 Å². The minimum Gasteiger partial charge on any atom is -0.508 e. The van der Waals surface area contributed by atoms with Crippen molar-refractivity contribution in [2.24, 2.45) is 11.8 Å². The van der Waals surface area contributed by atoms with Gasteiger partial charge in [-0.2, -0.15) is 0 Å². The Balaban J connectivity index is 1.99. The second-order valence-electron chi connectivity index (χ2n) is 5.95. The first-order chi connectivity index (χ1) is 10.1. The molecule has 2 unspecified atom stereocenters. The molecular weight excluding hydrogens is 264 g/mol. The molecule has 2 rings (SSSR count). The molecule has 2 atom stereocenters. The van der Waals surface area contributed by atoms with Gasteiger partial charge >= 0.3 is 0 Å². The first kappa shape index (κ1) is 15.8. The van der Waals surface area contributed by atoms with E-state index in [4.69, 9.17) is 0 Å². The molecule has 2 N–H and O–H groups in total. The van der Waals surface area contributed by atoms with Crippen LogP contribution in [0.2, 0.25) is 0 Å². The summed E-state index contributed by atoms with van der Waals surface area (Å²) in [6, 6.07) is 6.91. The highest BCUT2D eigenvalue weighted by Crippen LogP contribution is 2.26. The number of carbonyl (C=O) groups excluding carboxylic acids is 1. The number of hydrogen-bond acceptors (Lipinski definition) is 3. The molecule has 1 heterocycles. The molecule has 1 aliphatic rings. The van der Waals surface area contributed by atoms with Crippen LogP contribution in [0.25, 0.3) is 0 Å². The number of benzene rings is 1. The average molecular weight is 290 g/mol. The highest BCUT2D eigenvalue weighted by molar-refractivity contribution is 5.93. The summed E-state index contributed by atoms with van der Waals surface area (Å²) < 4.78 is 0. The third-order valence-corrected chi connectivity index (χ3v) is 4.40. The van der Waals surface area contributed by atoms with Crippen molar-refractivity contribution in [2.45, 2.75) is 33.1 Å². The van der Waals surface area contributed by atoms with Crippen LogP contribution in [0.15, 0.2) is 24.3 Å². The van der Waals surface area contributed by atoms with Crippen molar-refractivity contribution in [1.82, 2.24) is 5.32 Å². The molecule has 1 aromatic rings. The maximum atomic E-state index is 12.6. The second kappa shape index (κ2) is 7.46. The molecule has 4 nitrogen and oxygen atoms in total. The van der Waals surface area contributed by atoms with Crippen LogP contribution in [-0.4, -0.2) is 30.6 Å². The van der Waals surface area contributed by atoms with E-state index in [1.165, 1.54) is 12.8 Å². The third-order valence-electron chi connectivity index (χ3n) is 4.40. The number of anilines is 1. The number of phenolic OH excluding ortho intramolecular Hbond substituents is 1. The maximum absolute atomic E-state index is 12.6. The Hall–Kier alpha value is -1.55. The van der Waals surface area contributed by atoms with Crippen molar-refractivity contribution in [3.8, 4) is 5.75 Å². The fourth-order valence-electron chi connectivity index (χ4n) is 3.08. The van der Waals surface area contributed by atoms with Crippen molar-refractivity contribution >= 4 is 11.6 Å². The van der Waals surface area contributed by atoms with Crippen LogP contribution >= 0.6 is 0 Å². The molecule has 0 aliphatic carbocycles. The summed E-state index contributed by atoms with van der Waals surface area (Å²) in [5.74, 6) is 1.31. The van der Waals surface area contributed by atoms with E-state index in [9.17, 15) is 9.90 Å². The Morgan fingerprint density at radius 2 is 2.33 bits per heavy atom. The fraction of sp³-hybridized carbons (Fsp3) is 0.588. The Labute approximate surface area is 127 Å². The molecule has 1 amide bonds. The molecule has 0 aromatic heterocycles. The summed E-state index contributed by atoms with van der Waals surface area (Å²) in [4.78, 5) is 14.3. The predicted octanol–water partition coefficient (Wildman–Crippen LogP) is 2.77. The lowest BCUT2D eigenvalue weighted by atomic mass is 9.85. The number of nitrogens with zero attached hydrogens (tertiary/aromatic N) is 1. The van der Waals surface area contributed by atoms with Crippen LogP contribution in [0, 0.1) is 11.8 Å². The molecule has 1 aromatic carbocycles. The van der Waals surface area contributed by atoms with E-state index >= 15 is 0 Å². The van der Waals surface area contributed by atoms with Crippen LogP contribution in [0.3, 0.4) is 0 Å². The van der Waals surface area contributed by atoms with Crippen LogP contribution in [-0.2, 0) is 4.79 Å². The monoisotopic (exact) mass is 290 g/mol. The quantitative estimate of drug-likeness (QED) is 0.876. The van der Waals surface area contributed by atoms with Gasteiger partial charge < -0.3 is 15.3 Å². The number of nitrogens with one attached hydrogen (secondary N) is 1. The van der Waals surface area contributed by atoms with Crippen LogP contribution < -0.4 is 10.2 Å². The van der Waals surface area contributed by atoms with Crippen LogP contribution in [0.4, 0.5) is 5.69 Å². The minimum atomic E-state index is 0.140. The lowest BCUT2D eigenvalue weighted by Crippen LogP contribution is -2.37. The number of rotatable bonds is 5. The Kier molecular flexibility index (Phi) is 5.62. The first-order valence-corrected chi connectivity index (χ1v) is 7.92. The van der Waals surface area contributed by atoms with Crippen molar-refractivity contribution in [3.05, 3.63) is 24.3 Å². The van der Waals surface area contributed by atoms with E-state index in [0.29, 0.717) is 24.8 Å². The van der Waals surface area contributed by atoms with Gasteiger partial charge in [0.05, 0.1) is 0 Å². The molecule has 0 saturated carbocycles. The Morgan fingerprint density at radius 1 is 1.52 bits per heavy atom. The van der Waals surface area contributed by atoms with Gasteiger partial charge in [-0.1, -0.05) is 13.0 Å². The summed E-state index contributed by atoms with van der Waals surface area (Å²) in [5.41, 5.74) is 0.775. The SMILES string of the molecule is CCN(C(=O)CC(C)C1CCCNC1)c1cccc(O)c1. The van der Waals surface area contributed by atoms with Crippen LogP contribution in [0.1, 0.15) is 33.1 Å². The van der Waals surface area contributed by atoms with E-state index in [1.807, 2.05) is 13.0 Å².